The third-order valence-electron chi connectivity index (χ3n) is 2.15. The Morgan fingerprint density at radius 3 is 1.47 bits per heavy atom. The summed E-state index contributed by atoms with van der Waals surface area (Å²) < 4.78 is 0. The van der Waals surface area contributed by atoms with Crippen molar-refractivity contribution < 1.29 is 19.8 Å². The molecule has 0 aromatic heterocycles. The van der Waals surface area contributed by atoms with Gasteiger partial charge in [-0.2, -0.15) is 10.5 Å². The van der Waals surface area contributed by atoms with Gasteiger partial charge in [0, 0.05) is 12.8 Å². The first kappa shape index (κ1) is 17.3. The molecule has 0 aromatic carbocycles. The van der Waals surface area contributed by atoms with Gasteiger partial charge in [-0.25, -0.2) is 0 Å². The van der Waals surface area contributed by atoms with Crippen LogP contribution in [0.25, 0.3) is 0 Å². The fourth-order valence-corrected chi connectivity index (χ4v) is 1.18. The average Bonchev–Trinajstić information content (AvgIpc) is 2.31. The lowest BCUT2D eigenvalue weighted by Gasteiger charge is -2.22. The highest BCUT2D eigenvalue weighted by Crippen LogP contribution is 2.30. The molecule has 0 saturated heterocycles. The third kappa shape index (κ3) is 4.98. The van der Waals surface area contributed by atoms with Gasteiger partial charge in [0.15, 0.2) is 5.41 Å². The second kappa shape index (κ2) is 9.17. The molecular weight excluding hydrogens is 224 g/mol. The van der Waals surface area contributed by atoms with E-state index in [1.165, 1.54) is 0 Å². The molecule has 2 N–H and O–H groups in total. The summed E-state index contributed by atoms with van der Waals surface area (Å²) in [5.74, 6) is -3.00. The summed E-state index contributed by atoms with van der Waals surface area (Å²) in [6.45, 7) is 4.00. The lowest BCUT2D eigenvalue weighted by atomic mass is 9.79. The Morgan fingerprint density at radius 1 is 1.00 bits per heavy atom. The first-order chi connectivity index (χ1) is 8.01. The monoisotopic (exact) mass is 240 g/mol. The molecule has 94 valence electrons. The highest BCUT2D eigenvalue weighted by molar-refractivity contribution is 5.98. The quantitative estimate of drug-likeness (QED) is 0.682. The van der Waals surface area contributed by atoms with Crippen LogP contribution in [0.5, 0.6) is 0 Å². The van der Waals surface area contributed by atoms with Crippen molar-refractivity contribution in [3.63, 3.8) is 0 Å². The zero-order valence-corrected chi connectivity index (χ0v) is 9.93. The van der Waals surface area contributed by atoms with E-state index in [-0.39, 0.29) is 25.7 Å². The maximum atomic E-state index is 10.9. The molecular formula is C11H16N2O4. The summed E-state index contributed by atoms with van der Waals surface area (Å²) in [6, 6.07) is 3.40. The number of carbonyl (C=O) groups is 2. The summed E-state index contributed by atoms with van der Waals surface area (Å²) in [5.41, 5.74) is -2.01. The molecule has 0 atom stereocenters. The van der Waals surface area contributed by atoms with Gasteiger partial charge in [0.1, 0.15) is 0 Å². The molecule has 17 heavy (non-hydrogen) atoms. The van der Waals surface area contributed by atoms with E-state index in [1.807, 2.05) is 13.8 Å². The molecule has 0 aliphatic rings. The first-order valence-electron chi connectivity index (χ1n) is 5.22. The van der Waals surface area contributed by atoms with Crippen molar-refractivity contribution in [3.8, 4) is 12.1 Å². The molecule has 0 saturated carbocycles. The Kier molecular flexibility index (Phi) is 9.34. The fraction of sp³-hybridized carbons (Fsp3) is 0.636. The van der Waals surface area contributed by atoms with Crippen LogP contribution < -0.4 is 0 Å². The molecule has 6 nitrogen and oxygen atoms in total. The maximum absolute atomic E-state index is 10.9. The smallest absolute Gasteiger partial charge is 0.321 e. The molecule has 0 aliphatic carbocycles. The second-order valence-electron chi connectivity index (χ2n) is 3.01. The Morgan fingerprint density at radius 2 is 1.29 bits per heavy atom. The maximum Gasteiger partial charge on any atom is 0.321 e. The number of nitrogens with zero attached hydrogens (tertiary/aromatic N) is 2. The van der Waals surface area contributed by atoms with E-state index in [1.54, 1.807) is 12.1 Å². The van der Waals surface area contributed by atoms with Crippen molar-refractivity contribution in [1.82, 2.24) is 0 Å². The van der Waals surface area contributed by atoms with Gasteiger partial charge in [0.25, 0.3) is 0 Å². The van der Waals surface area contributed by atoms with Gasteiger partial charge in [-0.05, 0) is 12.8 Å². The van der Waals surface area contributed by atoms with Gasteiger partial charge in [-0.3, -0.25) is 9.59 Å². The summed E-state index contributed by atoms with van der Waals surface area (Å²) in [5, 5.41) is 34.3. The van der Waals surface area contributed by atoms with Crippen molar-refractivity contribution in [2.45, 2.75) is 39.5 Å². The first-order valence-corrected chi connectivity index (χ1v) is 5.22. The normalized spacial score (nSPS) is 9.18. The van der Waals surface area contributed by atoms with Gasteiger partial charge >= 0.3 is 11.9 Å². The number of rotatable bonds is 6. The second-order valence-corrected chi connectivity index (χ2v) is 3.01. The Balaban J connectivity index is 0. The molecule has 0 bridgehead atoms. The predicted octanol–water partition coefficient (Wildman–Crippen LogP) is 1.78. The minimum absolute atomic E-state index is 0.163. The van der Waals surface area contributed by atoms with E-state index in [2.05, 4.69) is 0 Å². The average molecular weight is 240 g/mol. The summed E-state index contributed by atoms with van der Waals surface area (Å²) >= 11 is 0. The van der Waals surface area contributed by atoms with E-state index in [0.29, 0.717) is 0 Å². The van der Waals surface area contributed by atoms with Gasteiger partial charge < -0.3 is 10.2 Å². The van der Waals surface area contributed by atoms with Gasteiger partial charge in [-0.1, -0.05) is 13.8 Å². The van der Waals surface area contributed by atoms with Gasteiger partial charge in [-0.15, -0.1) is 0 Å². The minimum atomic E-state index is -2.01. The summed E-state index contributed by atoms with van der Waals surface area (Å²) in [7, 11) is 0. The van der Waals surface area contributed by atoms with Crippen molar-refractivity contribution in [1.29, 1.82) is 10.5 Å². The van der Waals surface area contributed by atoms with Crippen LogP contribution in [0, 0.1) is 28.1 Å². The van der Waals surface area contributed by atoms with Crippen LogP contribution in [0.2, 0.25) is 0 Å². The van der Waals surface area contributed by atoms with Crippen molar-refractivity contribution in [3.05, 3.63) is 0 Å². The topological polar surface area (TPSA) is 122 Å². The molecule has 0 aliphatic heterocycles. The minimum Gasteiger partial charge on any atom is -0.480 e. The zero-order chi connectivity index (χ0) is 13.9. The fourth-order valence-electron chi connectivity index (χ4n) is 1.18. The lowest BCUT2D eigenvalue weighted by Crippen LogP contribution is -2.39. The molecule has 0 radical (unpaired) electrons. The number of hydrogen-bond acceptors (Lipinski definition) is 4. The molecule has 0 amide bonds. The number of aliphatic carboxylic acids is 2. The highest BCUT2D eigenvalue weighted by atomic mass is 16.4. The Hall–Kier alpha value is -2.08. The van der Waals surface area contributed by atoms with Crippen LogP contribution in [0.3, 0.4) is 0 Å². The molecule has 0 heterocycles. The van der Waals surface area contributed by atoms with Crippen molar-refractivity contribution >= 4 is 11.9 Å². The molecule has 0 rings (SSSR count). The Bertz CT molecular complexity index is 304. The van der Waals surface area contributed by atoms with Crippen LogP contribution in [-0.4, -0.2) is 22.2 Å². The van der Waals surface area contributed by atoms with Crippen LogP contribution in [0.15, 0.2) is 0 Å². The number of nitriles is 2. The van der Waals surface area contributed by atoms with Crippen molar-refractivity contribution in [2.75, 3.05) is 0 Å². The molecule has 0 unspecified atom stereocenters. The lowest BCUT2D eigenvalue weighted by molar-refractivity contribution is -0.165. The standard InChI is InChI=1S/C9H10N2O4.C2H6/c10-5-1-3-9(7(12)13,8(14)15)4-2-6-11;1-2/h1-4H2,(H,12,13)(H,14,15);1-2H3. The Labute approximate surface area is 100 Å². The van der Waals surface area contributed by atoms with E-state index in [0.717, 1.165) is 0 Å². The van der Waals surface area contributed by atoms with Crippen LogP contribution in [0.1, 0.15) is 39.5 Å². The van der Waals surface area contributed by atoms with Crippen LogP contribution in [0.4, 0.5) is 0 Å². The molecule has 0 spiro atoms. The van der Waals surface area contributed by atoms with E-state index >= 15 is 0 Å². The van der Waals surface area contributed by atoms with Gasteiger partial charge in [0.2, 0.25) is 0 Å². The van der Waals surface area contributed by atoms with Gasteiger partial charge in [0.05, 0.1) is 12.1 Å². The van der Waals surface area contributed by atoms with E-state index in [9.17, 15) is 9.59 Å². The predicted molar refractivity (Wildman–Crippen MR) is 58.7 cm³/mol. The van der Waals surface area contributed by atoms with E-state index < -0.39 is 17.4 Å². The highest BCUT2D eigenvalue weighted by Gasteiger charge is 2.45. The zero-order valence-electron chi connectivity index (χ0n) is 9.93. The molecule has 6 heteroatoms. The number of carboxylic acids is 2. The van der Waals surface area contributed by atoms with E-state index in [4.69, 9.17) is 20.7 Å². The number of carboxylic acid groups (broad SMARTS) is 2. The molecule has 0 fully saturated rings. The van der Waals surface area contributed by atoms with Crippen LogP contribution >= 0.6 is 0 Å². The summed E-state index contributed by atoms with van der Waals surface area (Å²) in [6.07, 6.45) is -0.889. The molecule has 0 aromatic rings. The van der Waals surface area contributed by atoms with Crippen molar-refractivity contribution in [2.24, 2.45) is 5.41 Å². The number of hydrogen-bond donors (Lipinski definition) is 2. The third-order valence-corrected chi connectivity index (χ3v) is 2.15. The largest absolute Gasteiger partial charge is 0.480 e. The SMILES string of the molecule is CC.N#CCCC(CCC#N)(C(=O)O)C(=O)O. The summed E-state index contributed by atoms with van der Waals surface area (Å²) in [4.78, 5) is 21.7. The van der Waals surface area contributed by atoms with Crippen LogP contribution in [-0.2, 0) is 9.59 Å².